The van der Waals surface area contributed by atoms with Crippen molar-refractivity contribution >= 4 is 34.2 Å². The van der Waals surface area contributed by atoms with Crippen LogP contribution >= 0.6 is 0 Å². The Morgan fingerprint density at radius 3 is 2.45 bits per heavy atom. The van der Waals surface area contributed by atoms with Crippen LogP contribution in [0.15, 0.2) is 85.2 Å². The molecule has 5 N–H and O–H groups in total. The van der Waals surface area contributed by atoms with Gasteiger partial charge in [0, 0.05) is 34.5 Å². The Labute approximate surface area is 264 Å². The molecule has 10 nitrogen and oxygen atoms in total. The van der Waals surface area contributed by atoms with Crippen LogP contribution in [0.4, 0.5) is 29.1 Å². The number of halogens is 4. The molecule has 47 heavy (non-hydrogen) atoms. The summed E-state index contributed by atoms with van der Waals surface area (Å²) in [6.07, 6.45) is -2.27. The molecule has 0 fully saturated rings. The molecule has 6 rings (SSSR count). The van der Waals surface area contributed by atoms with Crippen LogP contribution in [0.25, 0.3) is 22.2 Å². The number of amides is 2. The van der Waals surface area contributed by atoms with Gasteiger partial charge in [0.15, 0.2) is 0 Å². The Bertz CT molecular complexity index is 2010. The Hall–Kier alpha value is -5.63. The number of rotatable bonds is 8. The lowest BCUT2D eigenvalue weighted by Crippen LogP contribution is -2.51. The van der Waals surface area contributed by atoms with Crippen molar-refractivity contribution in [2.45, 2.75) is 24.1 Å². The van der Waals surface area contributed by atoms with Crippen molar-refractivity contribution in [2.24, 2.45) is 5.73 Å². The first-order valence-corrected chi connectivity index (χ1v) is 14.2. The van der Waals surface area contributed by atoms with Crippen molar-refractivity contribution in [1.29, 1.82) is 0 Å². The molecular formula is C33H26F4N6O4. The zero-order valence-corrected chi connectivity index (χ0v) is 24.6. The van der Waals surface area contributed by atoms with E-state index in [2.05, 4.69) is 25.6 Å². The summed E-state index contributed by atoms with van der Waals surface area (Å²) >= 11 is 0. The van der Waals surface area contributed by atoms with Gasteiger partial charge in [0.1, 0.15) is 35.1 Å². The predicted octanol–water partition coefficient (Wildman–Crippen LogP) is 4.89. The Kier molecular flexibility index (Phi) is 7.76. The van der Waals surface area contributed by atoms with E-state index in [1.165, 1.54) is 31.2 Å². The van der Waals surface area contributed by atoms with Gasteiger partial charge >= 0.3 is 6.18 Å². The number of pyridine rings is 3. The van der Waals surface area contributed by atoms with Crippen LogP contribution in [-0.2, 0) is 15.8 Å². The summed E-state index contributed by atoms with van der Waals surface area (Å²) in [5.41, 5.74) is 0.121. The van der Waals surface area contributed by atoms with E-state index in [0.717, 1.165) is 18.2 Å². The van der Waals surface area contributed by atoms with E-state index in [0.29, 0.717) is 22.4 Å². The molecule has 1 aliphatic rings. The van der Waals surface area contributed by atoms with Gasteiger partial charge < -0.3 is 26.2 Å². The fourth-order valence-corrected chi connectivity index (χ4v) is 5.24. The first-order chi connectivity index (χ1) is 22.3. The second kappa shape index (κ2) is 11.6. The van der Waals surface area contributed by atoms with Crippen LogP contribution in [0, 0.1) is 5.82 Å². The Morgan fingerprint density at radius 1 is 1.02 bits per heavy atom. The van der Waals surface area contributed by atoms with E-state index in [9.17, 15) is 32.3 Å². The highest BCUT2D eigenvalue weighted by atomic mass is 19.4. The number of ether oxygens (including phenoxy) is 1. The first-order valence-electron chi connectivity index (χ1n) is 14.2. The van der Waals surface area contributed by atoms with Crippen molar-refractivity contribution in [3.63, 3.8) is 0 Å². The van der Waals surface area contributed by atoms with Crippen molar-refractivity contribution < 1.29 is 37.0 Å². The number of primary amides is 1. The molecule has 0 radical (unpaired) electrons. The quantitative estimate of drug-likeness (QED) is 0.174. The number of aromatic nitrogens is 3. The van der Waals surface area contributed by atoms with Gasteiger partial charge in [-0.1, -0.05) is 12.1 Å². The van der Waals surface area contributed by atoms with Gasteiger partial charge in [0.05, 0.1) is 23.4 Å². The molecule has 5 aromatic rings. The second-order valence-corrected chi connectivity index (χ2v) is 11.2. The number of aliphatic hydroxyl groups is 1. The molecule has 1 aliphatic heterocycles. The van der Waals surface area contributed by atoms with E-state index in [1.807, 2.05) is 0 Å². The van der Waals surface area contributed by atoms with Gasteiger partial charge in [-0.25, -0.2) is 14.4 Å². The maximum absolute atomic E-state index is 14.8. The number of hydrogen-bond acceptors (Lipinski definition) is 8. The number of anilines is 2. The number of nitrogens with one attached hydrogen (secondary N) is 2. The molecule has 240 valence electrons. The van der Waals surface area contributed by atoms with Crippen LogP contribution in [-0.4, -0.2) is 51.2 Å². The van der Waals surface area contributed by atoms with Crippen LogP contribution in [0.3, 0.4) is 0 Å². The molecule has 0 bridgehead atoms. The molecule has 1 unspecified atom stereocenters. The molecule has 0 saturated heterocycles. The van der Waals surface area contributed by atoms with Crippen molar-refractivity contribution in [2.75, 3.05) is 18.5 Å². The maximum Gasteiger partial charge on any atom is 0.424 e. The highest BCUT2D eigenvalue weighted by Gasteiger charge is 2.57. The number of fused-ring (bicyclic) bond motifs is 2. The summed E-state index contributed by atoms with van der Waals surface area (Å²) in [5.74, 6) is -2.03. The molecular weight excluding hydrogens is 620 g/mol. The zero-order valence-electron chi connectivity index (χ0n) is 24.6. The van der Waals surface area contributed by atoms with E-state index in [-0.39, 0.29) is 34.7 Å². The average Bonchev–Trinajstić information content (AvgIpc) is 3.41. The van der Waals surface area contributed by atoms with Gasteiger partial charge in [-0.15, -0.1) is 0 Å². The lowest BCUT2D eigenvalue weighted by atomic mass is 9.81. The minimum Gasteiger partial charge on any atom is -0.489 e. The summed E-state index contributed by atoms with van der Waals surface area (Å²) in [6.45, 7) is -0.269. The third-order valence-electron chi connectivity index (χ3n) is 8.03. The third kappa shape index (κ3) is 5.67. The molecule has 2 atom stereocenters. The first kappa shape index (κ1) is 31.4. The molecule has 0 spiro atoms. The van der Waals surface area contributed by atoms with Gasteiger partial charge in [0.25, 0.3) is 5.91 Å². The number of alkyl halides is 3. The van der Waals surface area contributed by atoms with Crippen LogP contribution in [0.1, 0.15) is 28.5 Å². The number of nitrogens with two attached hydrogens (primary N) is 1. The van der Waals surface area contributed by atoms with E-state index < -0.39 is 47.1 Å². The molecule has 2 aromatic carbocycles. The lowest BCUT2D eigenvalue weighted by Gasteiger charge is -2.31. The van der Waals surface area contributed by atoms with Crippen LogP contribution in [0.2, 0.25) is 0 Å². The van der Waals surface area contributed by atoms with Gasteiger partial charge in [-0.3, -0.25) is 14.6 Å². The predicted molar refractivity (Wildman–Crippen MR) is 163 cm³/mol. The van der Waals surface area contributed by atoms with Crippen molar-refractivity contribution in [3.05, 3.63) is 108 Å². The number of benzene rings is 2. The third-order valence-corrected chi connectivity index (χ3v) is 8.03. The monoisotopic (exact) mass is 646 g/mol. The zero-order chi connectivity index (χ0) is 33.6. The minimum atomic E-state index is -5.37. The SMILES string of the molecule is C[C@]1(C(N)=O)COc2c1cc(C(O)(CNC(=O)c1cc(Nc3ccccn3)c3ncccc3c1)C(F)(F)F)nc2-c1ccc(F)cc1. The fraction of sp³-hybridized carbons (Fsp3) is 0.182. The molecule has 3 aromatic heterocycles. The van der Waals surface area contributed by atoms with E-state index in [4.69, 9.17) is 10.5 Å². The molecule has 0 aliphatic carbocycles. The topological polar surface area (TPSA) is 152 Å². The van der Waals surface area contributed by atoms with Gasteiger partial charge in [0.2, 0.25) is 11.5 Å². The lowest BCUT2D eigenvalue weighted by molar-refractivity contribution is -0.265. The molecule has 14 heteroatoms. The highest BCUT2D eigenvalue weighted by molar-refractivity contribution is 6.02. The summed E-state index contributed by atoms with van der Waals surface area (Å²) < 4.78 is 63.8. The van der Waals surface area contributed by atoms with Crippen LogP contribution < -0.4 is 21.1 Å². The summed E-state index contributed by atoms with van der Waals surface area (Å²) in [7, 11) is 0. The van der Waals surface area contributed by atoms with Gasteiger partial charge in [-0.2, -0.15) is 13.2 Å². The van der Waals surface area contributed by atoms with Crippen molar-refractivity contribution in [3.8, 4) is 17.0 Å². The number of nitrogens with zero attached hydrogens (tertiary/aromatic N) is 3. The van der Waals surface area contributed by atoms with Crippen LogP contribution in [0.5, 0.6) is 5.75 Å². The second-order valence-electron chi connectivity index (χ2n) is 11.2. The minimum absolute atomic E-state index is 0.0305. The Balaban J connectivity index is 1.40. The Morgan fingerprint density at radius 2 is 1.77 bits per heavy atom. The largest absolute Gasteiger partial charge is 0.489 e. The number of carbonyl (C=O) groups is 2. The molecule has 2 amide bonds. The summed E-state index contributed by atoms with van der Waals surface area (Å²) in [4.78, 5) is 38.5. The maximum atomic E-state index is 14.8. The standard InChI is InChI=1S/C33H26F4N6O4/c1-31(30(38)45)17-47-28-22(31)15-24(43-27(28)18-7-9-21(34)10-8-18)32(46,33(35,36)37)16-41-29(44)20-13-19-5-4-12-40-26(19)23(14-20)42-25-6-2-3-11-39-25/h2-15,46H,16-17H2,1H3,(H2,38,45)(H,39,42)(H,41,44)/t31-,32?/m0/s1. The van der Waals surface area contributed by atoms with E-state index >= 15 is 0 Å². The summed E-state index contributed by atoms with van der Waals surface area (Å²) in [6, 6.07) is 16.9. The van der Waals surface area contributed by atoms with Crippen molar-refractivity contribution in [1.82, 2.24) is 20.3 Å². The number of hydrogen-bond donors (Lipinski definition) is 4. The number of carbonyl (C=O) groups excluding carboxylic acids is 2. The fourth-order valence-electron chi connectivity index (χ4n) is 5.24. The highest BCUT2D eigenvalue weighted by Crippen LogP contribution is 2.47. The van der Waals surface area contributed by atoms with E-state index in [1.54, 1.807) is 42.7 Å². The average molecular weight is 647 g/mol. The smallest absolute Gasteiger partial charge is 0.424 e. The van der Waals surface area contributed by atoms with Gasteiger partial charge in [-0.05, 0) is 67.6 Å². The molecule has 4 heterocycles. The summed E-state index contributed by atoms with van der Waals surface area (Å²) in [5, 5.41) is 17.1. The molecule has 0 saturated carbocycles. The normalized spacial score (nSPS) is 17.0.